The average molecular weight is 423 g/mol. The van der Waals surface area contributed by atoms with Gasteiger partial charge in [0.15, 0.2) is 0 Å². The Bertz CT molecular complexity index is 1500. The van der Waals surface area contributed by atoms with E-state index in [2.05, 4.69) is 9.97 Å². The standard InChI is InChI=1S/C23H13F4N3O/c24-16-7-4-13(5-8-16)14-6-9-19-18(10-14)21-20(12-28-19)29-22(31)30(21)17-3-1-2-15(11-17)23(25,26)27/h1-12H,(H,29,31). The van der Waals surface area contributed by atoms with E-state index >= 15 is 0 Å². The fourth-order valence-corrected chi connectivity index (χ4v) is 3.67. The van der Waals surface area contributed by atoms with Crippen LogP contribution in [0.2, 0.25) is 0 Å². The van der Waals surface area contributed by atoms with E-state index in [1.807, 2.05) is 6.07 Å². The predicted octanol–water partition coefficient (Wildman–Crippen LogP) is 5.69. The van der Waals surface area contributed by atoms with Gasteiger partial charge in [0.25, 0.3) is 0 Å². The quantitative estimate of drug-likeness (QED) is 0.371. The Morgan fingerprint density at radius 1 is 0.903 bits per heavy atom. The van der Waals surface area contributed by atoms with Crippen molar-refractivity contribution in [3.8, 4) is 16.8 Å². The number of hydrogen-bond acceptors (Lipinski definition) is 2. The molecular formula is C23H13F4N3O. The zero-order valence-corrected chi connectivity index (χ0v) is 15.7. The van der Waals surface area contributed by atoms with E-state index in [4.69, 9.17) is 0 Å². The first-order valence-corrected chi connectivity index (χ1v) is 9.28. The van der Waals surface area contributed by atoms with Gasteiger partial charge < -0.3 is 4.98 Å². The van der Waals surface area contributed by atoms with Crippen LogP contribution in [0.1, 0.15) is 5.56 Å². The highest BCUT2D eigenvalue weighted by atomic mass is 19.4. The molecule has 31 heavy (non-hydrogen) atoms. The van der Waals surface area contributed by atoms with Gasteiger partial charge in [-0.15, -0.1) is 0 Å². The van der Waals surface area contributed by atoms with Crippen LogP contribution in [-0.4, -0.2) is 14.5 Å². The van der Waals surface area contributed by atoms with Crippen molar-refractivity contribution in [1.29, 1.82) is 0 Å². The number of fused-ring (bicyclic) bond motifs is 3. The lowest BCUT2D eigenvalue weighted by Gasteiger charge is -2.11. The summed E-state index contributed by atoms with van der Waals surface area (Å²) in [5.74, 6) is -0.363. The summed E-state index contributed by atoms with van der Waals surface area (Å²) in [6.45, 7) is 0. The van der Waals surface area contributed by atoms with Crippen LogP contribution >= 0.6 is 0 Å². The number of nitrogens with one attached hydrogen (secondary N) is 1. The maximum absolute atomic E-state index is 13.3. The lowest BCUT2D eigenvalue weighted by atomic mass is 10.0. The van der Waals surface area contributed by atoms with Gasteiger partial charge in [-0.05, 0) is 53.6 Å². The molecule has 5 rings (SSSR count). The largest absolute Gasteiger partial charge is 0.416 e. The van der Waals surface area contributed by atoms with E-state index in [1.54, 1.807) is 24.3 Å². The second-order valence-electron chi connectivity index (χ2n) is 7.07. The molecule has 0 amide bonds. The summed E-state index contributed by atoms with van der Waals surface area (Å²) in [5.41, 5.74) is 1.55. The second-order valence-corrected chi connectivity index (χ2v) is 7.07. The topological polar surface area (TPSA) is 50.7 Å². The molecule has 0 spiro atoms. The van der Waals surface area contributed by atoms with Crippen LogP contribution in [0.25, 0.3) is 38.8 Å². The summed E-state index contributed by atoms with van der Waals surface area (Å²) in [7, 11) is 0. The molecule has 0 bridgehead atoms. The van der Waals surface area contributed by atoms with Crippen molar-refractivity contribution in [2.75, 3.05) is 0 Å². The minimum absolute atomic E-state index is 0.0887. The first kappa shape index (κ1) is 19.0. The molecule has 2 heterocycles. The van der Waals surface area contributed by atoms with Crippen LogP contribution in [-0.2, 0) is 6.18 Å². The third-order valence-corrected chi connectivity index (χ3v) is 5.12. The van der Waals surface area contributed by atoms with Gasteiger partial charge in [-0.3, -0.25) is 9.55 Å². The average Bonchev–Trinajstić information content (AvgIpc) is 3.10. The van der Waals surface area contributed by atoms with E-state index in [9.17, 15) is 22.4 Å². The molecule has 2 aromatic heterocycles. The van der Waals surface area contributed by atoms with Crippen LogP contribution < -0.4 is 5.69 Å². The van der Waals surface area contributed by atoms with Gasteiger partial charge in [0.05, 0.1) is 34.0 Å². The van der Waals surface area contributed by atoms with Gasteiger partial charge in [0, 0.05) is 5.39 Å². The maximum Gasteiger partial charge on any atom is 0.416 e. The zero-order chi connectivity index (χ0) is 21.8. The molecule has 0 aliphatic carbocycles. The van der Waals surface area contributed by atoms with Crippen LogP contribution in [0.4, 0.5) is 17.6 Å². The number of imidazole rings is 1. The molecule has 0 unspecified atom stereocenters. The number of aromatic amines is 1. The number of H-pyrrole nitrogens is 1. The number of nitrogens with zero attached hydrogens (tertiary/aromatic N) is 2. The fraction of sp³-hybridized carbons (Fsp3) is 0.0435. The third kappa shape index (κ3) is 3.26. The van der Waals surface area contributed by atoms with Crippen molar-refractivity contribution in [2.24, 2.45) is 0 Å². The highest BCUT2D eigenvalue weighted by molar-refractivity contribution is 6.04. The number of halogens is 4. The summed E-state index contributed by atoms with van der Waals surface area (Å²) >= 11 is 0. The smallest absolute Gasteiger partial charge is 0.304 e. The van der Waals surface area contributed by atoms with E-state index in [-0.39, 0.29) is 11.5 Å². The summed E-state index contributed by atoms with van der Waals surface area (Å²) in [4.78, 5) is 19.7. The molecule has 0 radical (unpaired) electrons. The van der Waals surface area contributed by atoms with Gasteiger partial charge in [-0.2, -0.15) is 13.2 Å². The highest BCUT2D eigenvalue weighted by Gasteiger charge is 2.30. The van der Waals surface area contributed by atoms with E-state index < -0.39 is 17.4 Å². The molecule has 0 saturated heterocycles. The Kier molecular flexibility index (Phi) is 4.18. The van der Waals surface area contributed by atoms with Crippen LogP contribution in [0, 0.1) is 5.82 Å². The minimum Gasteiger partial charge on any atom is -0.304 e. The number of hydrogen-bond donors (Lipinski definition) is 1. The molecule has 0 atom stereocenters. The SMILES string of the molecule is O=c1[nH]c2cnc3ccc(-c4ccc(F)cc4)cc3c2n1-c1cccc(C(F)(F)F)c1. The van der Waals surface area contributed by atoms with Gasteiger partial charge in [0.2, 0.25) is 0 Å². The molecular weight excluding hydrogens is 410 g/mol. The van der Waals surface area contributed by atoms with Gasteiger partial charge in [0.1, 0.15) is 5.82 Å². The molecule has 0 fully saturated rings. The van der Waals surface area contributed by atoms with Crippen molar-refractivity contribution in [2.45, 2.75) is 6.18 Å². The van der Waals surface area contributed by atoms with Gasteiger partial charge >= 0.3 is 11.9 Å². The Labute approximate surface area is 172 Å². The summed E-state index contributed by atoms with van der Waals surface area (Å²) in [6, 6.07) is 15.9. The lowest BCUT2D eigenvalue weighted by Crippen LogP contribution is -2.15. The van der Waals surface area contributed by atoms with Crippen LogP contribution in [0.15, 0.2) is 77.7 Å². The van der Waals surface area contributed by atoms with Crippen LogP contribution in [0.5, 0.6) is 0 Å². The Balaban J connectivity index is 1.80. The van der Waals surface area contributed by atoms with Crippen molar-refractivity contribution in [1.82, 2.24) is 14.5 Å². The predicted molar refractivity (Wildman–Crippen MR) is 110 cm³/mol. The minimum atomic E-state index is -4.54. The normalized spacial score (nSPS) is 12.0. The summed E-state index contributed by atoms with van der Waals surface area (Å²) in [6.07, 6.45) is -3.06. The van der Waals surface area contributed by atoms with E-state index in [0.717, 1.165) is 23.3 Å². The van der Waals surface area contributed by atoms with E-state index in [1.165, 1.54) is 35.0 Å². The fourth-order valence-electron chi connectivity index (χ4n) is 3.67. The number of pyridine rings is 1. The van der Waals surface area contributed by atoms with Crippen molar-refractivity contribution in [3.05, 3.63) is 94.8 Å². The number of aromatic nitrogens is 3. The molecule has 0 aliphatic rings. The Hall–Kier alpha value is -3.94. The molecule has 0 aliphatic heterocycles. The molecule has 5 aromatic rings. The zero-order valence-electron chi connectivity index (χ0n) is 15.7. The first-order chi connectivity index (χ1) is 14.8. The number of alkyl halides is 3. The van der Waals surface area contributed by atoms with Crippen LogP contribution in [0.3, 0.4) is 0 Å². The molecule has 154 valence electrons. The third-order valence-electron chi connectivity index (χ3n) is 5.12. The summed E-state index contributed by atoms with van der Waals surface area (Å²) < 4.78 is 54.1. The Morgan fingerprint density at radius 2 is 1.65 bits per heavy atom. The van der Waals surface area contributed by atoms with Crippen molar-refractivity contribution >= 4 is 21.9 Å². The highest BCUT2D eigenvalue weighted by Crippen LogP contribution is 2.32. The maximum atomic E-state index is 13.3. The van der Waals surface area contributed by atoms with E-state index in [0.29, 0.717) is 21.9 Å². The monoisotopic (exact) mass is 423 g/mol. The molecule has 3 aromatic carbocycles. The van der Waals surface area contributed by atoms with Gasteiger partial charge in [-0.1, -0.05) is 24.3 Å². The van der Waals surface area contributed by atoms with Crippen molar-refractivity contribution in [3.63, 3.8) is 0 Å². The second kappa shape index (κ2) is 6.80. The molecule has 8 heteroatoms. The Morgan fingerprint density at radius 3 is 2.39 bits per heavy atom. The summed E-state index contributed by atoms with van der Waals surface area (Å²) in [5, 5.41) is 0.579. The number of benzene rings is 3. The van der Waals surface area contributed by atoms with Crippen molar-refractivity contribution < 1.29 is 17.6 Å². The lowest BCUT2D eigenvalue weighted by molar-refractivity contribution is -0.137. The molecule has 4 nitrogen and oxygen atoms in total. The molecule has 0 saturated carbocycles. The molecule has 1 N–H and O–H groups in total. The number of rotatable bonds is 2. The van der Waals surface area contributed by atoms with Gasteiger partial charge in [-0.25, -0.2) is 9.18 Å². The first-order valence-electron chi connectivity index (χ1n) is 9.28.